The highest BCUT2D eigenvalue weighted by molar-refractivity contribution is 6.13. The number of hydrogen-bond acceptors (Lipinski definition) is 1. The SMILES string of the molecule is Cc1cn2c3ccc(CC(C)(C)C)cc3c3c(C)cccc3c2n1. The zero-order valence-corrected chi connectivity index (χ0v) is 15.1. The molecule has 2 aromatic heterocycles. The lowest BCUT2D eigenvalue weighted by Crippen LogP contribution is -2.09. The van der Waals surface area contributed by atoms with E-state index >= 15 is 0 Å². The van der Waals surface area contributed by atoms with E-state index in [2.05, 4.69) is 81.6 Å². The fourth-order valence-electron chi connectivity index (χ4n) is 3.80. The molecule has 0 fully saturated rings. The van der Waals surface area contributed by atoms with Gasteiger partial charge in [-0.3, -0.25) is 4.40 Å². The Balaban J connectivity index is 2.16. The summed E-state index contributed by atoms with van der Waals surface area (Å²) >= 11 is 0. The highest BCUT2D eigenvalue weighted by atomic mass is 15.0. The van der Waals surface area contributed by atoms with Crippen LogP contribution in [0.2, 0.25) is 0 Å². The average molecular weight is 316 g/mol. The van der Waals surface area contributed by atoms with Crippen LogP contribution < -0.4 is 0 Å². The predicted octanol–water partition coefficient (Wildman–Crippen LogP) is 5.85. The first-order valence-electron chi connectivity index (χ1n) is 8.63. The monoisotopic (exact) mass is 316 g/mol. The number of aromatic nitrogens is 2. The summed E-state index contributed by atoms with van der Waals surface area (Å²) in [6.07, 6.45) is 3.22. The van der Waals surface area contributed by atoms with Crippen LogP contribution in [0.3, 0.4) is 0 Å². The molecule has 0 saturated carbocycles. The molecule has 2 aromatic carbocycles. The van der Waals surface area contributed by atoms with E-state index < -0.39 is 0 Å². The van der Waals surface area contributed by atoms with Gasteiger partial charge in [-0.15, -0.1) is 0 Å². The summed E-state index contributed by atoms with van der Waals surface area (Å²) in [5.74, 6) is 0. The molecule has 0 N–H and O–H groups in total. The van der Waals surface area contributed by atoms with Gasteiger partial charge in [0.2, 0.25) is 0 Å². The largest absolute Gasteiger partial charge is 0.299 e. The van der Waals surface area contributed by atoms with Gasteiger partial charge in [-0.25, -0.2) is 4.98 Å². The first kappa shape index (κ1) is 15.2. The molecule has 122 valence electrons. The van der Waals surface area contributed by atoms with E-state index in [0.717, 1.165) is 17.8 Å². The molecular formula is C22H24N2. The smallest absolute Gasteiger partial charge is 0.145 e. The van der Waals surface area contributed by atoms with Crippen LogP contribution in [-0.4, -0.2) is 9.38 Å². The number of imidazole rings is 1. The zero-order chi connectivity index (χ0) is 17.1. The molecule has 0 aliphatic rings. The molecule has 0 saturated heterocycles. The summed E-state index contributed by atoms with van der Waals surface area (Å²) < 4.78 is 2.24. The van der Waals surface area contributed by atoms with Crippen LogP contribution in [0, 0.1) is 19.3 Å². The van der Waals surface area contributed by atoms with Gasteiger partial charge in [-0.2, -0.15) is 0 Å². The van der Waals surface area contributed by atoms with Crippen LogP contribution in [0.25, 0.3) is 27.3 Å². The van der Waals surface area contributed by atoms with Crippen LogP contribution >= 0.6 is 0 Å². The normalized spacial score (nSPS) is 12.5. The van der Waals surface area contributed by atoms with Crippen molar-refractivity contribution in [1.29, 1.82) is 0 Å². The third kappa shape index (κ3) is 2.37. The third-order valence-corrected chi connectivity index (χ3v) is 4.66. The van der Waals surface area contributed by atoms with Gasteiger partial charge in [0.05, 0.1) is 11.2 Å². The van der Waals surface area contributed by atoms with E-state index in [0.29, 0.717) is 0 Å². The van der Waals surface area contributed by atoms with Crippen molar-refractivity contribution >= 4 is 27.3 Å². The summed E-state index contributed by atoms with van der Waals surface area (Å²) in [6.45, 7) is 11.1. The van der Waals surface area contributed by atoms with Crippen molar-refractivity contribution in [3.63, 3.8) is 0 Å². The molecule has 2 heteroatoms. The molecule has 0 bridgehead atoms. The van der Waals surface area contributed by atoms with Crippen molar-refractivity contribution in [1.82, 2.24) is 9.38 Å². The Kier molecular flexibility index (Phi) is 3.21. The van der Waals surface area contributed by atoms with Gasteiger partial charge in [-0.05, 0) is 54.3 Å². The molecule has 4 aromatic rings. The van der Waals surface area contributed by atoms with Gasteiger partial charge in [0.1, 0.15) is 5.65 Å². The molecule has 0 amide bonds. The summed E-state index contributed by atoms with van der Waals surface area (Å²) in [5, 5.41) is 3.90. The number of hydrogen-bond donors (Lipinski definition) is 0. The molecule has 2 nitrogen and oxygen atoms in total. The highest BCUT2D eigenvalue weighted by Crippen LogP contribution is 2.33. The molecule has 0 radical (unpaired) electrons. The lowest BCUT2D eigenvalue weighted by Gasteiger charge is -2.19. The van der Waals surface area contributed by atoms with Gasteiger partial charge in [0.15, 0.2) is 0 Å². The van der Waals surface area contributed by atoms with Gasteiger partial charge in [0, 0.05) is 17.0 Å². The van der Waals surface area contributed by atoms with Gasteiger partial charge >= 0.3 is 0 Å². The van der Waals surface area contributed by atoms with Crippen LogP contribution in [0.4, 0.5) is 0 Å². The molecule has 4 rings (SSSR count). The van der Waals surface area contributed by atoms with Crippen LogP contribution in [0.15, 0.2) is 42.6 Å². The maximum Gasteiger partial charge on any atom is 0.145 e. The zero-order valence-electron chi connectivity index (χ0n) is 15.1. The van der Waals surface area contributed by atoms with Gasteiger partial charge < -0.3 is 0 Å². The maximum absolute atomic E-state index is 4.78. The van der Waals surface area contributed by atoms with E-state index in [4.69, 9.17) is 4.98 Å². The Morgan fingerprint density at radius 1 is 1.00 bits per heavy atom. The number of rotatable bonds is 1. The van der Waals surface area contributed by atoms with Crippen molar-refractivity contribution in [2.45, 2.75) is 41.0 Å². The third-order valence-electron chi connectivity index (χ3n) is 4.66. The van der Waals surface area contributed by atoms with Crippen molar-refractivity contribution in [3.8, 4) is 0 Å². The number of pyridine rings is 1. The Bertz CT molecular complexity index is 1080. The van der Waals surface area contributed by atoms with E-state index in [-0.39, 0.29) is 5.41 Å². The fraction of sp³-hybridized carbons (Fsp3) is 0.318. The van der Waals surface area contributed by atoms with Crippen molar-refractivity contribution in [2.75, 3.05) is 0 Å². The van der Waals surface area contributed by atoms with E-state index in [1.807, 2.05) is 0 Å². The summed E-state index contributed by atoms with van der Waals surface area (Å²) in [5.41, 5.74) is 6.36. The minimum atomic E-state index is 0.286. The Hall–Kier alpha value is -2.35. The lowest BCUT2D eigenvalue weighted by molar-refractivity contribution is 0.411. The lowest BCUT2D eigenvalue weighted by atomic mass is 9.87. The number of aryl methyl sites for hydroxylation is 2. The number of benzene rings is 2. The molecule has 0 atom stereocenters. The highest BCUT2D eigenvalue weighted by Gasteiger charge is 2.15. The van der Waals surface area contributed by atoms with Crippen molar-refractivity contribution in [2.24, 2.45) is 5.41 Å². The second-order valence-electron chi connectivity index (χ2n) is 8.16. The molecular weight excluding hydrogens is 292 g/mol. The number of fused-ring (bicyclic) bond motifs is 6. The Labute approximate surface area is 143 Å². The van der Waals surface area contributed by atoms with Crippen molar-refractivity contribution < 1.29 is 0 Å². The first-order valence-corrected chi connectivity index (χ1v) is 8.63. The molecule has 24 heavy (non-hydrogen) atoms. The molecule has 0 unspecified atom stereocenters. The van der Waals surface area contributed by atoms with E-state index in [1.165, 1.54) is 32.8 Å². The van der Waals surface area contributed by atoms with E-state index in [1.54, 1.807) is 0 Å². The molecule has 0 spiro atoms. The second-order valence-corrected chi connectivity index (χ2v) is 8.16. The quantitative estimate of drug-likeness (QED) is 0.403. The minimum Gasteiger partial charge on any atom is -0.299 e. The summed E-state index contributed by atoms with van der Waals surface area (Å²) in [6, 6.07) is 13.4. The number of nitrogens with zero attached hydrogens (tertiary/aromatic N) is 2. The van der Waals surface area contributed by atoms with E-state index in [9.17, 15) is 0 Å². The van der Waals surface area contributed by atoms with Gasteiger partial charge in [0.25, 0.3) is 0 Å². The fourth-order valence-corrected chi connectivity index (χ4v) is 3.80. The summed E-state index contributed by atoms with van der Waals surface area (Å²) in [7, 11) is 0. The molecule has 0 aliphatic heterocycles. The predicted molar refractivity (Wildman–Crippen MR) is 103 cm³/mol. The van der Waals surface area contributed by atoms with Crippen LogP contribution in [-0.2, 0) is 6.42 Å². The Morgan fingerprint density at radius 2 is 1.79 bits per heavy atom. The first-order chi connectivity index (χ1) is 11.3. The summed E-state index contributed by atoms with van der Waals surface area (Å²) in [4.78, 5) is 4.78. The topological polar surface area (TPSA) is 17.3 Å². The Morgan fingerprint density at radius 3 is 2.54 bits per heavy atom. The minimum absolute atomic E-state index is 0.286. The van der Waals surface area contributed by atoms with Crippen molar-refractivity contribution in [3.05, 3.63) is 59.4 Å². The van der Waals surface area contributed by atoms with Gasteiger partial charge in [-0.1, -0.05) is 45.0 Å². The molecule has 0 aliphatic carbocycles. The maximum atomic E-state index is 4.78. The van der Waals surface area contributed by atoms with Crippen LogP contribution in [0.1, 0.15) is 37.6 Å². The second kappa shape index (κ2) is 5.07. The van der Waals surface area contributed by atoms with Crippen LogP contribution in [0.5, 0.6) is 0 Å². The average Bonchev–Trinajstić information content (AvgIpc) is 2.87. The standard InChI is InChI=1S/C22H24N2/c1-14-7-6-8-17-20(14)18-11-16(12-22(3,4)5)9-10-19(18)24-13-15(2)23-21(17)24/h6-11,13H,12H2,1-5H3. The molecule has 2 heterocycles.